The van der Waals surface area contributed by atoms with Crippen molar-refractivity contribution in [1.82, 2.24) is 4.90 Å². The van der Waals surface area contributed by atoms with Crippen molar-refractivity contribution in [3.63, 3.8) is 0 Å². The summed E-state index contributed by atoms with van der Waals surface area (Å²) in [6, 6.07) is 5.69. The van der Waals surface area contributed by atoms with Crippen molar-refractivity contribution in [2.45, 2.75) is 38.3 Å². The SMILES string of the molecule is Br.FC(F)(F)c1cccc(/C(=C\CCBr)CCN2CCCCC2)c1. The maximum absolute atomic E-state index is 12.9. The zero-order valence-corrected chi connectivity index (χ0v) is 16.9. The van der Waals surface area contributed by atoms with E-state index in [1.165, 1.54) is 31.4 Å². The van der Waals surface area contributed by atoms with Gasteiger partial charge in [-0.2, -0.15) is 13.2 Å². The molecule has 0 amide bonds. The molecule has 0 radical (unpaired) electrons. The molecule has 1 saturated heterocycles. The minimum absolute atomic E-state index is 0. The normalized spacial score (nSPS) is 16.8. The molecule has 0 aliphatic carbocycles. The van der Waals surface area contributed by atoms with Crippen LogP contribution in [0, 0.1) is 0 Å². The highest BCUT2D eigenvalue weighted by Gasteiger charge is 2.30. The Morgan fingerprint density at radius 3 is 2.50 bits per heavy atom. The van der Waals surface area contributed by atoms with Crippen molar-refractivity contribution in [2.24, 2.45) is 0 Å². The summed E-state index contributed by atoms with van der Waals surface area (Å²) in [6.45, 7) is 3.13. The average Bonchev–Trinajstić information content (AvgIpc) is 2.55. The molecular weight excluding hydrogens is 447 g/mol. The van der Waals surface area contributed by atoms with Gasteiger partial charge < -0.3 is 4.90 Å². The van der Waals surface area contributed by atoms with Crippen LogP contribution in [0.4, 0.5) is 13.2 Å². The number of halogens is 5. The fourth-order valence-electron chi connectivity index (χ4n) is 2.95. The lowest BCUT2D eigenvalue weighted by Crippen LogP contribution is -2.30. The van der Waals surface area contributed by atoms with Gasteiger partial charge in [-0.25, -0.2) is 0 Å². The molecular formula is C18H24Br2F3N. The Morgan fingerprint density at radius 2 is 1.88 bits per heavy atom. The Bertz CT molecular complexity index is 523. The van der Waals surface area contributed by atoms with E-state index < -0.39 is 11.7 Å². The lowest BCUT2D eigenvalue weighted by molar-refractivity contribution is -0.137. The Kier molecular flexibility index (Phi) is 9.60. The van der Waals surface area contributed by atoms with E-state index in [1.54, 1.807) is 6.07 Å². The van der Waals surface area contributed by atoms with Crippen LogP contribution in [0.15, 0.2) is 30.3 Å². The highest BCUT2D eigenvalue weighted by molar-refractivity contribution is 9.09. The first-order chi connectivity index (χ1) is 11.0. The van der Waals surface area contributed by atoms with Gasteiger partial charge >= 0.3 is 6.18 Å². The molecule has 0 unspecified atom stereocenters. The number of likely N-dealkylation sites (tertiary alicyclic amines) is 1. The van der Waals surface area contributed by atoms with Crippen molar-refractivity contribution in [1.29, 1.82) is 0 Å². The summed E-state index contributed by atoms with van der Waals surface area (Å²) in [4.78, 5) is 2.42. The van der Waals surface area contributed by atoms with Crippen LogP contribution in [0.1, 0.15) is 43.2 Å². The number of allylic oxidation sites excluding steroid dienone is 1. The summed E-state index contributed by atoms with van der Waals surface area (Å²) in [5, 5.41) is 0.819. The average molecular weight is 471 g/mol. The number of hydrogen-bond donors (Lipinski definition) is 0. The second-order valence-electron chi connectivity index (χ2n) is 5.94. The monoisotopic (exact) mass is 469 g/mol. The molecule has 0 saturated carbocycles. The minimum atomic E-state index is -4.29. The van der Waals surface area contributed by atoms with Gasteiger partial charge in [-0.15, -0.1) is 17.0 Å². The molecule has 24 heavy (non-hydrogen) atoms. The molecule has 1 aromatic carbocycles. The quantitative estimate of drug-likeness (QED) is 0.439. The van der Waals surface area contributed by atoms with Crippen LogP contribution in [-0.4, -0.2) is 29.9 Å². The molecule has 1 aromatic rings. The molecule has 0 N–H and O–H groups in total. The molecule has 0 bridgehead atoms. The van der Waals surface area contributed by atoms with Gasteiger partial charge in [0.25, 0.3) is 0 Å². The van der Waals surface area contributed by atoms with Crippen LogP contribution in [0.2, 0.25) is 0 Å². The van der Waals surface area contributed by atoms with Gasteiger partial charge in [0.05, 0.1) is 5.56 Å². The van der Waals surface area contributed by atoms with Crippen LogP contribution in [-0.2, 0) is 6.18 Å². The zero-order valence-electron chi connectivity index (χ0n) is 13.6. The number of alkyl halides is 4. The summed E-state index contributed by atoms with van der Waals surface area (Å²) in [7, 11) is 0. The molecule has 0 spiro atoms. The summed E-state index contributed by atoms with van der Waals surface area (Å²) in [6.07, 6.45) is 3.14. The molecule has 2 rings (SSSR count). The van der Waals surface area contributed by atoms with Gasteiger partial charge in [0.1, 0.15) is 0 Å². The van der Waals surface area contributed by atoms with Gasteiger partial charge in [0.2, 0.25) is 0 Å². The highest BCUT2D eigenvalue weighted by Crippen LogP contribution is 2.32. The Balaban J connectivity index is 0.00000288. The molecule has 6 heteroatoms. The summed E-state index contributed by atoms with van der Waals surface area (Å²) in [5.41, 5.74) is 1.14. The lowest BCUT2D eigenvalue weighted by Gasteiger charge is -2.27. The van der Waals surface area contributed by atoms with Gasteiger partial charge in [-0.3, -0.25) is 0 Å². The van der Waals surface area contributed by atoms with E-state index in [4.69, 9.17) is 0 Å². The molecule has 136 valence electrons. The van der Waals surface area contributed by atoms with Crippen LogP contribution < -0.4 is 0 Å². The van der Waals surface area contributed by atoms with Crippen molar-refractivity contribution in [3.05, 3.63) is 41.5 Å². The summed E-state index contributed by atoms with van der Waals surface area (Å²) < 4.78 is 38.8. The van der Waals surface area contributed by atoms with E-state index in [-0.39, 0.29) is 17.0 Å². The fourth-order valence-corrected chi connectivity index (χ4v) is 3.18. The minimum Gasteiger partial charge on any atom is -0.303 e. The first-order valence-corrected chi connectivity index (χ1v) is 9.28. The second kappa shape index (κ2) is 10.6. The van der Waals surface area contributed by atoms with E-state index in [0.29, 0.717) is 5.56 Å². The molecule has 1 nitrogen and oxygen atoms in total. The topological polar surface area (TPSA) is 3.24 Å². The summed E-state index contributed by atoms with van der Waals surface area (Å²) in [5.74, 6) is 0. The molecule has 0 atom stereocenters. The Morgan fingerprint density at radius 1 is 1.17 bits per heavy atom. The zero-order chi connectivity index (χ0) is 16.7. The van der Waals surface area contributed by atoms with Crippen molar-refractivity contribution < 1.29 is 13.2 Å². The van der Waals surface area contributed by atoms with Crippen LogP contribution in [0.3, 0.4) is 0 Å². The van der Waals surface area contributed by atoms with E-state index >= 15 is 0 Å². The van der Waals surface area contributed by atoms with E-state index in [2.05, 4.69) is 26.9 Å². The van der Waals surface area contributed by atoms with Crippen molar-refractivity contribution in [3.8, 4) is 0 Å². The molecule has 1 aliphatic heterocycles. The number of rotatable bonds is 6. The van der Waals surface area contributed by atoms with Gasteiger partial charge in [-0.05, 0) is 62.0 Å². The van der Waals surface area contributed by atoms with Gasteiger partial charge in [0, 0.05) is 11.9 Å². The molecule has 1 fully saturated rings. The third-order valence-electron chi connectivity index (χ3n) is 4.21. The number of piperidine rings is 1. The largest absolute Gasteiger partial charge is 0.416 e. The predicted molar refractivity (Wildman–Crippen MR) is 103 cm³/mol. The third kappa shape index (κ3) is 6.89. The smallest absolute Gasteiger partial charge is 0.303 e. The highest BCUT2D eigenvalue weighted by atomic mass is 79.9. The van der Waals surface area contributed by atoms with Crippen molar-refractivity contribution in [2.75, 3.05) is 25.0 Å². The lowest BCUT2D eigenvalue weighted by atomic mass is 9.98. The first-order valence-electron chi connectivity index (χ1n) is 8.15. The van der Waals surface area contributed by atoms with Crippen LogP contribution in [0.25, 0.3) is 5.57 Å². The number of hydrogen-bond acceptors (Lipinski definition) is 1. The predicted octanol–water partition coefficient (Wildman–Crippen LogP) is 6.33. The van der Waals surface area contributed by atoms with Crippen LogP contribution in [0.5, 0.6) is 0 Å². The van der Waals surface area contributed by atoms with Crippen LogP contribution >= 0.6 is 32.9 Å². The molecule has 0 aromatic heterocycles. The number of benzene rings is 1. The molecule has 1 aliphatic rings. The fraction of sp³-hybridized carbons (Fsp3) is 0.556. The maximum atomic E-state index is 12.9. The van der Waals surface area contributed by atoms with E-state index in [1.807, 2.05) is 0 Å². The Labute approximate surface area is 161 Å². The van der Waals surface area contributed by atoms with E-state index in [0.717, 1.165) is 49.4 Å². The Hall–Kier alpha value is -0.330. The number of nitrogens with zero attached hydrogens (tertiary/aromatic N) is 1. The van der Waals surface area contributed by atoms with Gasteiger partial charge in [-0.1, -0.05) is 40.6 Å². The standard InChI is InChI=1S/C18H23BrF3N.BrH/c19-10-5-7-15(9-13-23-11-2-1-3-12-23)16-6-4-8-17(14-16)18(20,21)22;/h4,6-8,14H,1-3,5,9-13H2;1H/b15-7-;. The van der Waals surface area contributed by atoms with Gasteiger partial charge in [0.15, 0.2) is 0 Å². The van der Waals surface area contributed by atoms with E-state index in [9.17, 15) is 13.2 Å². The maximum Gasteiger partial charge on any atom is 0.416 e. The third-order valence-corrected chi connectivity index (χ3v) is 4.66. The first kappa shape index (κ1) is 21.7. The van der Waals surface area contributed by atoms with Crippen molar-refractivity contribution >= 4 is 38.5 Å². The summed E-state index contributed by atoms with van der Waals surface area (Å²) >= 11 is 3.39. The second-order valence-corrected chi connectivity index (χ2v) is 6.73. The molecule has 1 heterocycles.